The zero-order chi connectivity index (χ0) is 11.0. The average molecular weight is 249 g/mol. The maximum atomic E-state index is 3.64. The van der Waals surface area contributed by atoms with Gasteiger partial charge < -0.3 is 5.32 Å². The van der Waals surface area contributed by atoms with Crippen LogP contribution >= 0.6 is 23.1 Å². The molecule has 1 aliphatic rings. The predicted octanol–water partition coefficient (Wildman–Crippen LogP) is 4.21. The van der Waals surface area contributed by atoms with Crippen LogP contribution in [0.3, 0.4) is 0 Å². The lowest BCUT2D eigenvalue weighted by atomic mass is 10.1. The number of fused-ring (bicyclic) bond motifs is 1. The third-order valence-electron chi connectivity index (χ3n) is 3.02. The van der Waals surface area contributed by atoms with Gasteiger partial charge in [-0.05, 0) is 41.5 Å². The summed E-state index contributed by atoms with van der Waals surface area (Å²) >= 11 is 3.88. The Morgan fingerprint density at radius 1 is 1.31 bits per heavy atom. The molecule has 84 valence electrons. The molecule has 0 radical (unpaired) electrons. The highest BCUT2D eigenvalue weighted by atomic mass is 32.2. The van der Waals surface area contributed by atoms with Gasteiger partial charge in [0.2, 0.25) is 0 Å². The third kappa shape index (κ3) is 2.06. The highest BCUT2D eigenvalue weighted by molar-refractivity contribution is 8.00. The lowest BCUT2D eigenvalue weighted by Gasteiger charge is -2.13. The van der Waals surface area contributed by atoms with Gasteiger partial charge in [0.15, 0.2) is 0 Å². The fraction of sp³-hybridized carbons (Fsp3) is 0.385. The Morgan fingerprint density at radius 3 is 3.06 bits per heavy atom. The van der Waals surface area contributed by atoms with Crippen molar-refractivity contribution >= 4 is 38.9 Å². The first-order valence-corrected chi connectivity index (χ1v) is 7.59. The van der Waals surface area contributed by atoms with Gasteiger partial charge in [0.1, 0.15) is 0 Å². The van der Waals surface area contributed by atoms with Crippen molar-refractivity contribution in [3.8, 4) is 0 Å². The van der Waals surface area contributed by atoms with E-state index in [0.29, 0.717) is 6.04 Å². The molecule has 1 aliphatic heterocycles. The fourth-order valence-electron chi connectivity index (χ4n) is 2.21. The van der Waals surface area contributed by atoms with Gasteiger partial charge in [0.05, 0.1) is 0 Å². The van der Waals surface area contributed by atoms with E-state index in [2.05, 4.69) is 53.6 Å². The van der Waals surface area contributed by atoms with Gasteiger partial charge >= 0.3 is 0 Å². The van der Waals surface area contributed by atoms with Crippen LogP contribution in [0, 0.1) is 0 Å². The third-order valence-corrected chi connectivity index (χ3v) is 5.28. The van der Waals surface area contributed by atoms with E-state index in [-0.39, 0.29) is 0 Å². The molecule has 0 bridgehead atoms. The molecule has 2 heterocycles. The van der Waals surface area contributed by atoms with E-state index in [1.807, 2.05) is 11.3 Å². The van der Waals surface area contributed by atoms with E-state index < -0.39 is 0 Å². The second kappa shape index (κ2) is 4.30. The molecule has 2 aromatic rings. The molecule has 3 rings (SSSR count). The Kier molecular flexibility index (Phi) is 2.82. The Balaban J connectivity index is 1.78. The van der Waals surface area contributed by atoms with Crippen molar-refractivity contribution in [2.24, 2.45) is 0 Å². The maximum absolute atomic E-state index is 3.64. The van der Waals surface area contributed by atoms with Crippen LogP contribution in [-0.4, -0.2) is 17.0 Å². The Hall–Kier alpha value is -0.670. The second-order valence-corrected chi connectivity index (χ2v) is 6.81. The molecule has 1 aromatic carbocycles. The normalized spacial score (nSPS) is 25.1. The summed E-state index contributed by atoms with van der Waals surface area (Å²) in [7, 11) is 0. The minimum absolute atomic E-state index is 0.649. The van der Waals surface area contributed by atoms with Crippen molar-refractivity contribution in [3.05, 3.63) is 29.6 Å². The van der Waals surface area contributed by atoms with Gasteiger partial charge in [0.25, 0.3) is 0 Å². The molecule has 0 saturated carbocycles. The first-order valence-electron chi connectivity index (χ1n) is 5.67. The number of thioether (sulfide) groups is 1. The van der Waals surface area contributed by atoms with Crippen molar-refractivity contribution in [1.29, 1.82) is 0 Å². The highest BCUT2D eigenvalue weighted by Gasteiger charge is 2.21. The number of nitrogens with one attached hydrogen (secondary N) is 1. The smallest absolute Gasteiger partial charge is 0.0362 e. The van der Waals surface area contributed by atoms with Crippen LogP contribution in [0.4, 0.5) is 5.69 Å². The number of benzene rings is 1. The number of thiophene rings is 1. The van der Waals surface area contributed by atoms with Crippen LogP contribution in [0.1, 0.15) is 13.3 Å². The topological polar surface area (TPSA) is 12.0 Å². The Labute approximate surface area is 104 Å². The molecule has 16 heavy (non-hydrogen) atoms. The van der Waals surface area contributed by atoms with E-state index in [9.17, 15) is 0 Å². The zero-order valence-electron chi connectivity index (χ0n) is 9.27. The Bertz CT molecular complexity index is 491. The average Bonchev–Trinajstić information content (AvgIpc) is 2.87. The quantitative estimate of drug-likeness (QED) is 0.855. The molecule has 2 unspecified atom stereocenters. The van der Waals surface area contributed by atoms with Crippen molar-refractivity contribution in [2.75, 3.05) is 11.1 Å². The number of hydrogen-bond donors (Lipinski definition) is 1. The van der Waals surface area contributed by atoms with Gasteiger partial charge in [-0.15, -0.1) is 11.3 Å². The molecule has 0 spiro atoms. The highest BCUT2D eigenvalue weighted by Crippen LogP contribution is 2.30. The fourth-order valence-corrected chi connectivity index (χ4v) is 4.13. The van der Waals surface area contributed by atoms with Crippen molar-refractivity contribution in [3.63, 3.8) is 0 Å². The van der Waals surface area contributed by atoms with Gasteiger partial charge in [-0.3, -0.25) is 0 Å². The summed E-state index contributed by atoms with van der Waals surface area (Å²) in [5.41, 5.74) is 1.27. The minimum atomic E-state index is 0.649. The van der Waals surface area contributed by atoms with Gasteiger partial charge in [-0.1, -0.05) is 6.92 Å². The lowest BCUT2D eigenvalue weighted by Crippen LogP contribution is -2.18. The van der Waals surface area contributed by atoms with E-state index >= 15 is 0 Å². The summed E-state index contributed by atoms with van der Waals surface area (Å²) in [4.78, 5) is 0. The molecular formula is C13H15NS2. The van der Waals surface area contributed by atoms with Crippen LogP contribution in [0.5, 0.6) is 0 Å². The second-order valence-electron chi connectivity index (χ2n) is 4.39. The summed E-state index contributed by atoms with van der Waals surface area (Å²) in [6.45, 7) is 2.31. The van der Waals surface area contributed by atoms with E-state index in [0.717, 1.165) is 5.25 Å². The summed E-state index contributed by atoms with van der Waals surface area (Å²) in [5.74, 6) is 1.24. The van der Waals surface area contributed by atoms with Gasteiger partial charge in [0, 0.05) is 27.4 Å². The van der Waals surface area contributed by atoms with E-state index in [1.54, 1.807) is 0 Å². The summed E-state index contributed by atoms with van der Waals surface area (Å²) in [5, 5.41) is 7.95. The molecule has 3 heteroatoms. The Morgan fingerprint density at radius 2 is 2.25 bits per heavy atom. The number of hydrogen-bond acceptors (Lipinski definition) is 3. The first kappa shape index (κ1) is 10.5. The largest absolute Gasteiger partial charge is 0.381 e. The summed E-state index contributed by atoms with van der Waals surface area (Å²) in [6, 6.07) is 9.52. The van der Waals surface area contributed by atoms with E-state index in [4.69, 9.17) is 0 Å². The predicted molar refractivity (Wildman–Crippen MR) is 75.8 cm³/mol. The molecule has 0 amide bonds. The molecule has 1 saturated heterocycles. The van der Waals surface area contributed by atoms with Crippen molar-refractivity contribution in [1.82, 2.24) is 0 Å². The van der Waals surface area contributed by atoms with Crippen LogP contribution in [0.2, 0.25) is 0 Å². The minimum Gasteiger partial charge on any atom is -0.381 e. The number of rotatable bonds is 2. The molecular weight excluding hydrogens is 234 g/mol. The monoisotopic (exact) mass is 249 g/mol. The molecule has 2 atom stereocenters. The van der Waals surface area contributed by atoms with Crippen LogP contribution in [-0.2, 0) is 0 Å². The SMILES string of the molecule is CC1CC(Nc2ccc3sccc3c2)CS1. The summed E-state index contributed by atoms with van der Waals surface area (Å²) in [6.07, 6.45) is 1.28. The van der Waals surface area contributed by atoms with Crippen molar-refractivity contribution in [2.45, 2.75) is 24.6 Å². The van der Waals surface area contributed by atoms with Gasteiger partial charge in [-0.25, -0.2) is 0 Å². The van der Waals surface area contributed by atoms with Crippen LogP contribution < -0.4 is 5.32 Å². The number of anilines is 1. The lowest BCUT2D eigenvalue weighted by molar-refractivity contribution is 0.747. The molecule has 1 aromatic heterocycles. The summed E-state index contributed by atoms with van der Waals surface area (Å²) < 4.78 is 1.37. The zero-order valence-corrected chi connectivity index (χ0v) is 10.9. The molecule has 1 nitrogen and oxygen atoms in total. The van der Waals surface area contributed by atoms with Crippen LogP contribution in [0.25, 0.3) is 10.1 Å². The first-order chi connectivity index (χ1) is 7.81. The maximum Gasteiger partial charge on any atom is 0.0362 e. The van der Waals surface area contributed by atoms with Crippen LogP contribution in [0.15, 0.2) is 29.6 Å². The molecule has 1 fully saturated rings. The molecule has 0 aliphatic carbocycles. The standard InChI is InChI=1S/C13H15NS2/c1-9-6-12(8-16-9)14-11-2-3-13-10(7-11)4-5-15-13/h2-5,7,9,12,14H,6,8H2,1H3. The molecule has 1 N–H and O–H groups in total. The van der Waals surface area contributed by atoms with E-state index in [1.165, 1.54) is 27.9 Å². The van der Waals surface area contributed by atoms with Crippen molar-refractivity contribution < 1.29 is 0 Å². The van der Waals surface area contributed by atoms with Gasteiger partial charge in [-0.2, -0.15) is 11.8 Å².